The van der Waals surface area contributed by atoms with Crippen LogP contribution in [-0.4, -0.2) is 23.5 Å². The predicted molar refractivity (Wildman–Crippen MR) is 86.3 cm³/mol. The smallest absolute Gasteiger partial charge is 0.144 e. The van der Waals surface area contributed by atoms with Crippen LogP contribution in [-0.2, 0) is 12.8 Å². The number of hydrogen-bond donors (Lipinski definition) is 1. The molecule has 0 aliphatic heterocycles. The lowest BCUT2D eigenvalue weighted by Crippen LogP contribution is -2.11. The third kappa shape index (κ3) is 4.14. The normalized spacial score (nSPS) is 13.6. The first-order valence-electron chi connectivity index (χ1n) is 7.51. The summed E-state index contributed by atoms with van der Waals surface area (Å²) in [6, 6.07) is 4.32. The van der Waals surface area contributed by atoms with E-state index in [1.807, 2.05) is 17.8 Å². The molecule has 0 bridgehead atoms. The number of thioether (sulfide) groups is 1. The van der Waals surface area contributed by atoms with Gasteiger partial charge >= 0.3 is 0 Å². The molecule has 1 N–H and O–H groups in total. The Balaban J connectivity index is 1.91. The van der Waals surface area contributed by atoms with Crippen molar-refractivity contribution in [3.63, 3.8) is 0 Å². The molecule has 0 unspecified atom stereocenters. The fraction of sp³-hybridized carbons (Fsp3) is 0.625. The summed E-state index contributed by atoms with van der Waals surface area (Å²) in [5.41, 5.74) is 3.17. The van der Waals surface area contributed by atoms with Gasteiger partial charge in [0.05, 0.1) is 5.56 Å². The van der Waals surface area contributed by atoms with E-state index in [2.05, 4.69) is 22.6 Å². The molecule has 0 aromatic carbocycles. The van der Waals surface area contributed by atoms with Gasteiger partial charge < -0.3 is 5.32 Å². The molecule has 3 nitrogen and oxygen atoms in total. The third-order valence-electron chi connectivity index (χ3n) is 3.74. The standard InChI is InChI=1S/C16H23N3S/c1-20-10-6-2-5-9-18-16-14(12-17)11-13-7-3-4-8-15(13)19-16/h11H,2-10H2,1H3,(H,18,19). The highest BCUT2D eigenvalue weighted by atomic mass is 32.2. The molecule has 0 saturated heterocycles. The summed E-state index contributed by atoms with van der Waals surface area (Å²) in [5.74, 6) is 2.03. The Labute approximate surface area is 126 Å². The number of unbranched alkanes of at least 4 members (excludes halogenated alkanes) is 2. The summed E-state index contributed by atoms with van der Waals surface area (Å²) >= 11 is 1.90. The second kappa shape index (κ2) is 8.16. The van der Waals surface area contributed by atoms with Crippen LogP contribution in [0.1, 0.15) is 48.9 Å². The minimum Gasteiger partial charge on any atom is -0.369 e. The molecular weight excluding hydrogens is 266 g/mol. The van der Waals surface area contributed by atoms with Crippen LogP contribution < -0.4 is 5.32 Å². The van der Waals surface area contributed by atoms with Crippen LogP contribution in [0.25, 0.3) is 0 Å². The number of rotatable bonds is 7. The van der Waals surface area contributed by atoms with Crippen molar-refractivity contribution in [3.8, 4) is 6.07 Å². The van der Waals surface area contributed by atoms with Crippen LogP contribution in [0.3, 0.4) is 0 Å². The molecule has 4 heteroatoms. The van der Waals surface area contributed by atoms with Crippen molar-refractivity contribution >= 4 is 17.6 Å². The van der Waals surface area contributed by atoms with E-state index in [1.165, 1.54) is 42.7 Å². The van der Waals surface area contributed by atoms with E-state index in [4.69, 9.17) is 0 Å². The van der Waals surface area contributed by atoms with Crippen LogP contribution in [0, 0.1) is 11.3 Å². The number of fused-ring (bicyclic) bond motifs is 1. The minimum absolute atomic E-state index is 0.703. The lowest BCUT2D eigenvalue weighted by Gasteiger charge is -2.17. The van der Waals surface area contributed by atoms with Gasteiger partial charge in [-0.3, -0.25) is 0 Å². The first kappa shape index (κ1) is 15.2. The Morgan fingerprint density at radius 2 is 2.15 bits per heavy atom. The van der Waals surface area contributed by atoms with Crippen molar-refractivity contribution in [1.82, 2.24) is 4.98 Å². The zero-order valence-electron chi connectivity index (χ0n) is 12.2. The van der Waals surface area contributed by atoms with Gasteiger partial charge in [-0.1, -0.05) is 6.42 Å². The Kier molecular flexibility index (Phi) is 6.20. The second-order valence-corrected chi connectivity index (χ2v) is 6.28. The fourth-order valence-corrected chi connectivity index (χ4v) is 3.10. The number of nitrogens with zero attached hydrogens (tertiary/aromatic N) is 2. The van der Waals surface area contributed by atoms with Gasteiger partial charge in [0.25, 0.3) is 0 Å². The maximum Gasteiger partial charge on any atom is 0.144 e. The van der Waals surface area contributed by atoms with Crippen LogP contribution >= 0.6 is 11.8 Å². The van der Waals surface area contributed by atoms with E-state index >= 15 is 0 Å². The number of aryl methyl sites for hydroxylation is 2. The number of pyridine rings is 1. The molecule has 108 valence electrons. The molecule has 1 heterocycles. The summed E-state index contributed by atoms with van der Waals surface area (Å²) in [6.07, 6.45) is 10.4. The molecule has 1 aliphatic carbocycles. The molecule has 20 heavy (non-hydrogen) atoms. The monoisotopic (exact) mass is 289 g/mol. The summed E-state index contributed by atoms with van der Waals surface area (Å²) in [6.45, 7) is 0.912. The van der Waals surface area contributed by atoms with Crippen LogP contribution in [0.5, 0.6) is 0 Å². The van der Waals surface area contributed by atoms with Crippen LogP contribution in [0.15, 0.2) is 6.07 Å². The highest BCUT2D eigenvalue weighted by Crippen LogP contribution is 2.24. The van der Waals surface area contributed by atoms with E-state index in [-0.39, 0.29) is 0 Å². The van der Waals surface area contributed by atoms with Gasteiger partial charge in [-0.2, -0.15) is 17.0 Å². The van der Waals surface area contributed by atoms with E-state index in [1.54, 1.807) is 0 Å². The Hall–Kier alpha value is -1.21. The molecule has 1 aromatic rings. The zero-order valence-corrected chi connectivity index (χ0v) is 13.1. The fourth-order valence-electron chi connectivity index (χ4n) is 2.61. The van der Waals surface area contributed by atoms with Gasteiger partial charge in [-0.05, 0) is 62.2 Å². The SMILES string of the molecule is CSCCCCCNc1nc2c(cc1C#N)CCCC2. The average molecular weight is 289 g/mol. The molecule has 0 spiro atoms. The third-order valence-corrected chi connectivity index (χ3v) is 4.44. The zero-order chi connectivity index (χ0) is 14.2. The van der Waals surface area contributed by atoms with Crippen molar-refractivity contribution in [1.29, 1.82) is 5.26 Å². The molecule has 0 amide bonds. The molecule has 1 aliphatic rings. The van der Waals surface area contributed by atoms with Crippen LogP contribution in [0.4, 0.5) is 5.82 Å². The number of nitrogens with one attached hydrogen (secondary N) is 1. The number of nitriles is 1. The van der Waals surface area contributed by atoms with Crippen molar-refractivity contribution in [3.05, 3.63) is 22.9 Å². The molecule has 0 radical (unpaired) electrons. The average Bonchev–Trinajstić information content (AvgIpc) is 2.50. The van der Waals surface area contributed by atoms with Gasteiger partial charge in [-0.25, -0.2) is 4.98 Å². The highest BCUT2D eigenvalue weighted by Gasteiger charge is 2.14. The largest absolute Gasteiger partial charge is 0.369 e. The van der Waals surface area contributed by atoms with Gasteiger partial charge in [-0.15, -0.1) is 0 Å². The quantitative estimate of drug-likeness (QED) is 0.776. The highest BCUT2D eigenvalue weighted by molar-refractivity contribution is 7.98. The number of aromatic nitrogens is 1. The first-order chi connectivity index (χ1) is 9.85. The minimum atomic E-state index is 0.703. The van der Waals surface area contributed by atoms with Crippen LogP contribution in [0.2, 0.25) is 0 Å². The molecule has 1 aromatic heterocycles. The van der Waals surface area contributed by atoms with Gasteiger partial charge in [0.15, 0.2) is 0 Å². The van der Waals surface area contributed by atoms with E-state index in [9.17, 15) is 5.26 Å². The number of anilines is 1. The first-order valence-corrected chi connectivity index (χ1v) is 8.90. The molecule has 2 rings (SSSR count). The Bertz CT molecular complexity index is 479. The van der Waals surface area contributed by atoms with Gasteiger partial charge in [0.2, 0.25) is 0 Å². The summed E-state index contributed by atoms with van der Waals surface area (Å²) < 4.78 is 0. The van der Waals surface area contributed by atoms with E-state index < -0.39 is 0 Å². The molecule has 0 atom stereocenters. The molecule has 0 saturated carbocycles. The second-order valence-electron chi connectivity index (χ2n) is 5.29. The maximum absolute atomic E-state index is 9.26. The topological polar surface area (TPSA) is 48.7 Å². The lowest BCUT2D eigenvalue weighted by molar-refractivity contribution is 0.667. The van der Waals surface area contributed by atoms with Crippen molar-refractivity contribution in [2.75, 3.05) is 23.9 Å². The molecular formula is C16H23N3S. The van der Waals surface area contributed by atoms with Crippen molar-refractivity contribution < 1.29 is 0 Å². The van der Waals surface area contributed by atoms with E-state index in [0.29, 0.717) is 5.56 Å². The van der Waals surface area contributed by atoms with E-state index in [0.717, 1.165) is 31.6 Å². The van der Waals surface area contributed by atoms with Crippen molar-refractivity contribution in [2.24, 2.45) is 0 Å². The number of hydrogen-bond acceptors (Lipinski definition) is 4. The predicted octanol–water partition coefficient (Wildman–Crippen LogP) is 3.78. The summed E-state index contributed by atoms with van der Waals surface area (Å²) in [4.78, 5) is 4.68. The van der Waals surface area contributed by atoms with Crippen molar-refractivity contribution in [2.45, 2.75) is 44.9 Å². The lowest BCUT2D eigenvalue weighted by atomic mass is 9.95. The van der Waals surface area contributed by atoms with Gasteiger partial charge in [0, 0.05) is 12.2 Å². The Morgan fingerprint density at radius 3 is 2.95 bits per heavy atom. The molecule has 0 fully saturated rings. The Morgan fingerprint density at radius 1 is 1.30 bits per heavy atom. The summed E-state index contributed by atoms with van der Waals surface area (Å²) in [7, 11) is 0. The maximum atomic E-state index is 9.26. The summed E-state index contributed by atoms with van der Waals surface area (Å²) in [5, 5.41) is 12.6. The van der Waals surface area contributed by atoms with Gasteiger partial charge in [0.1, 0.15) is 11.9 Å².